The van der Waals surface area contributed by atoms with Gasteiger partial charge in [-0.1, -0.05) is 23.7 Å². The minimum atomic E-state index is -0.369. The van der Waals surface area contributed by atoms with Crippen LogP contribution in [0.25, 0.3) is 11.1 Å². The van der Waals surface area contributed by atoms with E-state index in [1.165, 1.54) is 0 Å². The summed E-state index contributed by atoms with van der Waals surface area (Å²) in [6, 6.07) is 10.1. The smallest absolute Gasteiger partial charge is 0.143 e. The van der Waals surface area contributed by atoms with Crippen LogP contribution in [0.3, 0.4) is 0 Å². The molecule has 1 aromatic heterocycles. The van der Waals surface area contributed by atoms with Crippen molar-refractivity contribution in [2.75, 3.05) is 51.4 Å². The lowest BCUT2D eigenvalue weighted by Crippen LogP contribution is -2.40. The molecule has 4 rings (SSSR count). The second-order valence-electron chi connectivity index (χ2n) is 9.14. The Morgan fingerprint density at radius 2 is 2.09 bits per heavy atom. The van der Waals surface area contributed by atoms with Crippen molar-refractivity contribution < 1.29 is 13.9 Å². The molecular weight excluding hydrogens is 441 g/mol. The SMILES string of the molecule is O=C(Cc1cc(-c2cccc(NCC3CCOCC3)c2)c(Cl)cn1)[C@@H]1CCCN(CCF)C1. The van der Waals surface area contributed by atoms with Gasteiger partial charge in [-0.3, -0.25) is 9.78 Å². The van der Waals surface area contributed by atoms with E-state index in [2.05, 4.69) is 22.4 Å². The van der Waals surface area contributed by atoms with Gasteiger partial charge in [0, 0.05) is 68.3 Å². The fourth-order valence-electron chi connectivity index (χ4n) is 4.77. The standard InChI is InChI=1S/C26H33ClFN3O2/c27-25-17-30-23(15-26(32)21-4-2-9-31(18-21)10-8-28)14-24(25)20-3-1-5-22(13-20)29-16-19-6-11-33-12-7-19/h1,3,5,13-14,17,19,21,29H,2,4,6-12,15-16,18H2/t21-/m1/s1. The molecule has 0 bridgehead atoms. The van der Waals surface area contributed by atoms with Gasteiger partial charge in [0.1, 0.15) is 12.5 Å². The number of piperidine rings is 1. The Morgan fingerprint density at radius 3 is 2.91 bits per heavy atom. The maximum Gasteiger partial charge on any atom is 0.143 e. The van der Waals surface area contributed by atoms with Gasteiger partial charge in [0.15, 0.2) is 0 Å². The quantitative estimate of drug-likeness (QED) is 0.553. The molecule has 0 radical (unpaired) electrons. The average Bonchev–Trinajstić information content (AvgIpc) is 2.85. The van der Waals surface area contributed by atoms with Crippen molar-refractivity contribution in [1.29, 1.82) is 0 Å². The van der Waals surface area contributed by atoms with Gasteiger partial charge in [0.05, 0.1) is 5.02 Å². The van der Waals surface area contributed by atoms with Crippen LogP contribution in [0.1, 0.15) is 31.4 Å². The summed E-state index contributed by atoms with van der Waals surface area (Å²) in [6.45, 7) is 4.17. The zero-order chi connectivity index (χ0) is 23.0. The number of rotatable bonds is 9. The van der Waals surface area contributed by atoms with Crippen molar-refractivity contribution in [2.45, 2.75) is 32.1 Å². The van der Waals surface area contributed by atoms with Crippen LogP contribution in [-0.2, 0) is 16.0 Å². The average molecular weight is 474 g/mol. The number of likely N-dealkylation sites (tertiary alicyclic amines) is 1. The highest BCUT2D eigenvalue weighted by molar-refractivity contribution is 6.33. The predicted octanol–water partition coefficient (Wildman–Crippen LogP) is 5.03. The number of carbonyl (C=O) groups excluding carboxylic acids is 1. The van der Waals surface area contributed by atoms with Crippen LogP contribution in [0, 0.1) is 11.8 Å². The summed E-state index contributed by atoms with van der Waals surface area (Å²) in [6.07, 6.45) is 5.89. The number of Topliss-reactive ketones (excluding diaryl/α,β-unsaturated/α-hetero) is 1. The first-order valence-electron chi connectivity index (χ1n) is 12.0. The summed E-state index contributed by atoms with van der Waals surface area (Å²) in [7, 11) is 0. The van der Waals surface area contributed by atoms with Gasteiger partial charge in [-0.25, -0.2) is 4.39 Å². The van der Waals surface area contributed by atoms with Gasteiger partial charge in [0.25, 0.3) is 0 Å². The van der Waals surface area contributed by atoms with Crippen LogP contribution in [0.4, 0.5) is 10.1 Å². The van der Waals surface area contributed by atoms with E-state index in [-0.39, 0.29) is 24.8 Å². The third-order valence-electron chi connectivity index (χ3n) is 6.74. The molecule has 0 spiro atoms. The van der Waals surface area contributed by atoms with Gasteiger partial charge >= 0.3 is 0 Å². The van der Waals surface area contributed by atoms with Crippen molar-refractivity contribution in [3.05, 3.63) is 47.2 Å². The van der Waals surface area contributed by atoms with Gasteiger partial charge in [-0.05, 0) is 61.9 Å². The third kappa shape index (κ3) is 6.75. The molecule has 0 saturated carbocycles. The Morgan fingerprint density at radius 1 is 1.24 bits per heavy atom. The molecule has 5 nitrogen and oxygen atoms in total. The minimum absolute atomic E-state index is 0.0519. The second-order valence-corrected chi connectivity index (χ2v) is 9.55. The van der Waals surface area contributed by atoms with E-state index in [0.717, 1.165) is 74.5 Å². The Bertz CT molecular complexity index is 934. The zero-order valence-electron chi connectivity index (χ0n) is 19.1. The molecule has 0 amide bonds. The summed E-state index contributed by atoms with van der Waals surface area (Å²) in [5.41, 5.74) is 3.66. The fraction of sp³-hybridized carbons (Fsp3) is 0.538. The maximum atomic E-state index is 12.9. The molecule has 1 N–H and O–H groups in total. The highest BCUT2D eigenvalue weighted by Crippen LogP contribution is 2.30. The molecule has 1 aromatic carbocycles. The normalized spacial score (nSPS) is 20.0. The van der Waals surface area contributed by atoms with Crippen molar-refractivity contribution >= 4 is 23.1 Å². The molecule has 2 aliphatic rings. The first-order valence-corrected chi connectivity index (χ1v) is 12.4. The number of aromatic nitrogens is 1. The number of nitrogens with zero attached hydrogens (tertiary/aromatic N) is 2. The zero-order valence-corrected chi connectivity index (χ0v) is 19.8. The first kappa shape index (κ1) is 24.1. The van der Waals surface area contributed by atoms with E-state index >= 15 is 0 Å². The number of benzene rings is 1. The Balaban J connectivity index is 1.42. The lowest BCUT2D eigenvalue weighted by Gasteiger charge is -2.31. The van der Waals surface area contributed by atoms with E-state index < -0.39 is 0 Å². The summed E-state index contributed by atoms with van der Waals surface area (Å²) in [4.78, 5) is 19.4. The van der Waals surface area contributed by atoms with Crippen molar-refractivity contribution in [3.63, 3.8) is 0 Å². The molecule has 3 heterocycles. The lowest BCUT2D eigenvalue weighted by atomic mass is 9.91. The van der Waals surface area contributed by atoms with Crippen LogP contribution >= 0.6 is 11.6 Å². The van der Waals surface area contributed by atoms with E-state index in [1.54, 1.807) is 6.20 Å². The number of nitrogens with one attached hydrogen (secondary N) is 1. The molecule has 1 atom stereocenters. The highest BCUT2D eigenvalue weighted by atomic mass is 35.5. The number of pyridine rings is 1. The second kappa shape index (κ2) is 11.9. The van der Waals surface area contributed by atoms with Crippen LogP contribution in [0.2, 0.25) is 5.02 Å². The molecule has 0 aliphatic carbocycles. The molecule has 178 valence electrons. The van der Waals surface area contributed by atoms with Gasteiger partial charge in [0.2, 0.25) is 0 Å². The van der Waals surface area contributed by atoms with Crippen LogP contribution < -0.4 is 5.32 Å². The Labute approximate surface area is 200 Å². The van der Waals surface area contributed by atoms with E-state index in [9.17, 15) is 9.18 Å². The molecule has 2 saturated heterocycles. The number of anilines is 1. The topological polar surface area (TPSA) is 54.5 Å². The first-order chi connectivity index (χ1) is 16.1. The van der Waals surface area contributed by atoms with Gasteiger partial charge in [-0.15, -0.1) is 0 Å². The van der Waals surface area contributed by atoms with Crippen LogP contribution in [-0.4, -0.2) is 61.7 Å². The molecule has 33 heavy (non-hydrogen) atoms. The molecule has 2 fully saturated rings. The van der Waals surface area contributed by atoms with E-state index in [1.807, 2.05) is 23.1 Å². The van der Waals surface area contributed by atoms with Crippen molar-refractivity contribution in [3.8, 4) is 11.1 Å². The number of hydrogen-bond donors (Lipinski definition) is 1. The number of ketones is 1. The summed E-state index contributed by atoms with van der Waals surface area (Å²) >= 11 is 6.50. The number of ether oxygens (including phenoxy) is 1. The van der Waals surface area contributed by atoms with E-state index in [4.69, 9.17) is 16.3 Å². The van der Waals surface area contributed by atoms with E-state index in [0.29, 0.717) is 24.0 Å². The number of halogens is 2. The summed E-state index contributed by atoms with van der Waals surface area (Å²) < 4.78 is 18.2. The molecule has 2 aromatic rings. The monoisotopic (exact) mass is 473 g/mol. The predicted molar refractivity (Wildman–Crippen MR) is 131 cm³/mol. The van der Waals surface area contributed by atoms with Gasteiger partial charge < -0.3 is 15.0 Å². The summed E-state index contributed by atoms with van der Waals surface area (Å²) in [5.74, 6) is 0.750. The van der Waals surface area contributed by atoms with Crippen molar-refractivity contribution in [1.82, 2.24) is 9.88 Å². The number of carbonyl (C=O) groups is 1. The van der Waals surface area contributed by atoms with Gasteiger partial charge in [-0.2, -0.15) is 0 Å². The van der Waals surface area contributed by atoms with Crippen LogP contribution in [0.5, 0.6) is 0 Å². The Kier molecular flexibility index (Phi) is 8.70. The largest absolute Gasteiger partial charge is 0.385 e. The lowest BCUT2D eigenvalue weighted by molar-refractivity contribution is -0.123. The Hall–Kier alpha value is -2.02. The molecule has 0 unspecified atom stereocenters. The number of alkyl halides is 1. The fourth-order valence-corrected chi connectivity index (χ4v) is 4.99. The summed E-state index contributed by atoms with van der Waals surface area (Å²) in [5, 5.41) is 4.12. The molecule has 2 aliphatic heterocycles. The molecule has 7 heteroatoms. The third-order valence-corrected chi connectivity index (χ3v) is 7.04. The maximum absolute atomic E-state index is 12.9. The van der Waals surface area contributed by atoms with Crippen LogP contribution in [0.15, 0.2) is 36.5 Å². The highest BCUT2D eigenvalue weighted by Gasteiger charge is 2.26. The molecular formula is C26H33ClFN3O2. The van der Waals surface area contributed by atoms with Crippen molar-refractivity contribution in [2.24, 2.45) is 11.8 Å². The minimum Gasteiger partial charge on any atom is -0.385 e. The number of hydrogen-bond acceptors (Lipinski definition) is 5.